The van der Waals surface area contributed by atoms with Crippen LogP contribution in [0.4, 0.5) is 23.1 Å². The van der Waals surface area contributed by atoms with Gasteiger partial charge in [0.2, 0.25) is 16.0 Å². The molecule has 11 heteroatoms. The predicted molar refractivity (Wildman–Crippen MR) is 142 cm³/mol. The molecule has 3 aliphatic rings. The topological polar surface area (TPSA) is 137 Å². The van der Waals surface area contributed by atoms with E-state index in [9.17, 15) is 13.2 Å². The second-order valence-corrected chi connectivity index (χ2v) is 11.6. The van der Waals surface area contributed by atoms with Gasteiger partial charge in [-0.25, -0.2) is 13.4 Å². The molecule has 0 unspecified atom stereocenters. The lowest BCUT2D eigenvalue weighted by molar-refractivity contribution is 0.102. The van der Waals surface area contributed by atoms with Crippen LogP contribution in [0.2, 0.25) is 0 Å². The number of fused-ring (bicyclic) bond motifs is 7. The van der Waals surface area contributed by atoms with Crippen LogP contribution in [-0.4, -0.2) is 61.4 Å². The first-order chi connectivity index (χ1) is 17.2. The molecule has 0 radical (unpaired) electrons. The van der Waals surface area contributed by atoms with Crippen molar-refractivity contribution in [1.29, 1.82) is 0 Å². The predicted octanol–water partition coefficient (Wildman–Crippen LogP) is 3.14. The molecule has 0 atom stereocenters. The molecule has 10 nitrogen and oxygen atoms in total. The van der Waals surface area contributed by atoms with Crippen LogP contribution in [0.5, 0.6) is 0 Å². The Kier molecular flexibility index (Phi) is 7.79. The highest BCUT2D eigenvalue weighted by atomic mass is 32.2. The molecule has 4 heterocycles. The quantitative estimate of drug-likeness (QED) is 0.457. The lowest BCUT2D eigenvalue weighted by Gasteiger charge is -2.40. The van der Waals surface area contributed by atoms with E-state index in [1.807, 2.05) is 6.92 Å². The smallest absolute Gasteiger partial charge is 0.258 e. The van der Waals surface area contributed by atoms with Crippen LogP contribution >= 0.6 is 0 Å². The first-order valence-corrected chi connectivity index (χ1v) is 13.9. The van der Waals surface area contributed by atoms with E-state index in [0.29, 0.717) is 35.2 Å². The molecule has 0 aliphatic carbocycles. The fraction of sp³-hybridized carbons (Fsp3) is 0.480. The van der Waals surface area contributed by atoms with Gasteiger partial charge in [0.05, 0.1) is 29.3 Å². The van der Waals surface area contributed by atoms with E-state index in [1.165, 1.54) is 0 Å². The molecule has 1 aromatic heterocycles. The molecule has 5 rings (SSSR count). The van der Waals surface area contributed by atoms with Crippen molar-refractivity contribution in [2.45, 2.75) is 39.5 Å². The molecule has 0 saturated carbocycles. The number of carbonyl (C=O) groups is 1. The van der Waals surface area contributed by atoms with Crippen molar-refractivity contribution >= 4 is 39.1 Å². The molecule has 1 fully saturated rings. The van der Waals surface area contributed by atoms with Gasteiger partial charge in [0.15, 0.2) is 0 Å². The average Bonchev–Trinajstić information content (AvgIpc) is 2.80. The van der Waals surface area contributed by atoms with Gasteiger partial charge < -0.3 is 20.6 Å². The Balaban J connectivity index is 1.71. The van der Waals surface area contributed by atoms with Gasteiger partial charge in [-0.2, -0.15) is 4.98 Å². The molecule has 3 aliphatic heterocycles. The maximum Gasteiger partial charge on any atom is 0.258 e. The number of hydrogen-bond acceptors (Lipinski definition) is 8. The number of sulfonamides is 1. The van der Waals surface area contributed by atoms with E-state index in [2.05, 4.69) is 49.3 Å². The SMILES string of the molecule is Cc1cc2nc(n1)NCC/C=C/CC1(C)CCN(CC1)c1cc(NS(=O)(=O)CCO)ccc1C(=O)N2. The number of nitrogens with zero attached hydrogens (tertiary/aromatic N) is 3. The monoisotopic (exact) mass is 514 g/mol. The Morgan fingerprint density at radius 3 is 2.69 bits per heavy atom. The minimum Gasteiger partial charge on any atom is -0.395 e. The van der Waals surface area contributed by atoms with Crippen molar-refractivity contribution in [3.63, 3.8) is 0 Å². The zero-order valence-electron chi connectivity index (χ0n) is 20.7. The van der Waals surface area contributed by atoms with Gasteiger partial charge in [0.25, 0.3) is 5.91 Å². The van der Waals surface area contributed by atoms with Crippen molar-refractivity contribution in [3.8, 4) is 0 Å². The fourth-order valence-corrected chi connectivity index (χ4v) is 5.37. The van der Waals surface area contributed by atoms with E-state index in [0.717, 1.165) is 44.5 Å². The van der Waals surface area contributed by atoms with Crippen molar-refractivity contribution in [2.75, 3.05) is 52.2 Å². The standard InChI is InChI=1S/C25H34N6O4S/c1-18-16-22-28-23(33)20-7-6-19(30-36(34,35)15-14-32)17-21(20)31-12-9-25(2,10-13-31)8-4-3-5-11-26-24(27-18)29-22/h3-4,6-7,16-17,30,32H,5,8-15H2,1-2H3,(H2,26,27,28,29,33)/b4-3+. The first kappa shape index (κ1) is 25.9. The van der Waals surface area contributed by atoms with Gasteiger partial charge in [0.1, 0.15) is 5.82 Å². The lowest BCUT2D eigenvalue weighted by atomic mass is 9.77. The van der Waals surface area contributed by atoms with E-state index < -0.39 is 22.4 Å². The Hall–Kier alpha value is -3.18. The average molecular weight is 515 g/mol. The highest BCUT2D eigenvalue weighted by Crippen LogP contribution is 2.38. The van der Waals surface area contributed by atoms with Gasteiger partial charge in [0, 0.05) is 31.4 Å². The van der Waals surface area contributed by atoms with Crippen LogP contribution < -0.4 is 20.3 Å². The summed E-state index contributed by atoms with van der Waals surface area (Å²) in [6.07, 6.45) is 8.14. The summed E-state index contributed by atoms with van der Waals surface area (Å²) in [4.78, 5) is 24.4. The Bertz CT molecular complexity index is 1240. The number of nitrogens with one attached hydrogen (secondary N) is 3. The molecule has 1 aromatic carbocycles. The molecular formula is C25H34N6O4S. The molecule has 194 valence electrons. The zero-order valence-corrected chi connectivity index (χ0v) is 21.6. The summed E-state index contributed by atoms with van der Waals surface area (Å²) in [5, 5.41) is 15.2. The van der Waals surface area contributed by atoms with Crippen LogP contribution in [0.1, 0.15) is 48.7 Å². The van der Waals surface area contributed by atoms with Crippen LogP contribution in [0.15, 0.2) is 36.4 Å². The maximum atomic E-state index is 13.4. The van der Waals surface area contributed by atoms with Crippen LogP contribution in [0, 0.1) is 12.3 Å². The highest BCUT2D eigenvalue weighted by Gasteiger charge is 2.31. The van der Waals surface area contributed by atoms with E-state index in [-0.39, 0.29) is 11.3 Å². The number of allylic oxidation sites excluding steroid dienone is 1. The van der Waals surface area contributed by atoms with Crippen molar-refractivity contribution in [3.05, 3.63) is 47.7 Å². The third kappa shape index (κ3) is 6.52. The van der Waals surface area contributed by atoms with Crippen LogP contribution in [0.25, 0.3) is 0 Å². The van der Waals surface area contributed by atoms with Gasteiger partial charge in [-0.15, -0.1) is 0 Å². The van der Waals surface area contributed by atoms with Crippen LogP contribution in [-0.2, 0) is 10.0 Å². The summed E-state index contributed by atoms with van der Waals surface area (Å²) in [6, 6.07) is 6.59. The number of hydrogen-bond donors (Lipinski definition) is 4. The van der Waals surface area contributed by atoms with Crippen molar-refractivity contribution in [2.24, 2.45) is 5.41 Å². The lowest BCUT2D eigenvalue weighted by Crippen LogP contribution is -2.39. The highest BCUT2D eigenvalue weighted by molar-refractivity contribution is 7.92. The number of aromatic nitrogens is 2. The van der Waals surface area contributed by atoms with E-state index >= 15 is 0 Å². The number of rotatable bonds is 4. The number of anilines is 4. The molecule has 2 aromatic rings. The first-order valence-electron chi connectivity index (χ1n) is 12.2. The third-order valence-electron chi connectivity index (χ3n) is 6.65. The number of amides is 1. The molecule has 4 bridgehead atoms. The molecule has 4 N–H and O–H groups in total. The molecule has 36 heavy (non-hydrogen) atoms. The minimum absolute atomic E-state index is 0.157. The Labute approximate surface area is 212 Å². The number of aryl methyl sites for hydroxylation is 1. The zero-order chi connectivity index (χ0) is 25.8. The van der Waals surface area contributed by atoms with Gasteiger partial charge in [-0.1, -0.05) is 19.1 Å². The summed E-state index contributed by atoms with van der Waals surface area (Å²) in [6.45, 7) is 5.84. The summed E-state index contributed by atoms with van der Waals surface area (Å²) in [5.74, 6) is 0.106. The van der Waals surface area contributed by atoms with Crippen LogP contribution in [0.3, 0.4) is 0 Å². The fourth-order valence-electron chi connectivity index (χ4n) is 4.54. The largest absolute Gasteiger partial charge is 0.395 e. The number of aliphatic hydroxyl groups excluding tert-OH is 1. The van der Waals surface area contributed by atoms with Gasteiger partial charge in [-0.3, -0.25) is 9.52 Å². The number of carbonyl (C=O) groups excluding carboxylic acids is 1. The summed E-state index contributed by atoms with van der Waals surface area (Å²) in [7, 11) is -3.70. The van der Waals surface area contributed by atoms with Crippen molar-refractivity contribution in [1.82, 2.24) is 9.97 Å². The maximum absolute atomic E-state index is 13.4. The summed E-state index contributed by atoms with van der Waals surface area (Å²) >= 11 is 0. The molecular weight excluding hydrogens is 480 g/mol. The summed E-state index contributed by atoms with van der Waals surface area (Å²) in [5.41, 5.74) is 2.31. The second kappa shape index (κ2) is 10.8. The Morgan fingerprint density at radius 1 is 1.17 bits per heavy atom. The molecule has 1 saturated heterocycles. The van der Waals surface area contributed by atoms with E-state index in [4.69, 9.17) is 5.11 Å². The summed E-state index contributed by atoms with van der Waals surface area (Å²) < 4.78 is 27.0. The normalized spacial score (nSPS) is 19.0. The van der Waals surface area contributed by atoms with Gasteiger partial charge >= 0.3 is 0 Å². The minimum atomic E-state index is -3.70. The Morgan fingerprint density at radius 2 is 1.94 bits per heavy atom. The number of aliphatic hydroxyl groups is 1. The second-order valence-electron chi connectivity index (χ2n) is 9.74. The van der Waals surface area contributed by atoms with Crippen molar-refractivity contribution < 1.29 is 18.3 Å². The molecule has 1 amide bonds. The van der Waals surface area contributed by atoms with E-state index in [1.54, 1.807) is 24.3 Å². The van der Waals surface area contributed by atoms with Gasteiger partial charge in [-0.05, 0) is 56.2 Å². The third-order valence-corrected chi connectivity index (χ3v) is 7.92. The number of benzene rings is 1. The number of piperidine rings is 1. The molecule has 0 spiro atoms.